The van der Waals surface area contributed by atoms with E-state index in [9.17, 15) is 9.18 Å². The van der Waals surface area contributed by atoms with E-state index in [0.717, 1.165) is 22.4 Å². The molecule has 0 spiro atoms. The molecule has 1 amide bonds. The summed E-state index contributed by atoms with van der Waals surface area (Å²) in [6, 6.07) is 19.6. The average Bonchev–Trinajstić information content (AvgIpc) is 2.75. The number of carbonyl (C=O) groups excluding carboxylic acids is 1. The van der Waals surface area contributed by atoms with Crippen LogP contribution in [0.5, 0.6) is 0 Å². The molecular weight excluding hydrogens is 385 g/mol. The van der Waals surface area contributed by atoms with Gasteiger partial charge in [-0.1, -0.05) is 36.4 Å². The Bertz CT molecular complexity index is 1100. The lowest BCUT2D eigenvalue weighted by molar-refractivity contribution is 0.102. The fourth-order valence-electron chi connectivity index (χ4n) is 3.29. The Labute approximate surface area is 173 Å². The van der Waals surface area contributed by atoms with Crippen LogP contribution in [-0.4, -0.2) is 17.9 Å². The van der Waals surface area contributed by atoms with Crippen molar-refractivity contribution < 1.29 is 9.18 Å². The van der Waals surface area contributed by atoms with Crippen LogP contribution in [0.3, 0.4) is 0 Å². The molecule has 4 nitrogen and oxygen atoms in total. The second-order valence-corrected chi connectivity index (χ2v) is 7.73. The van der Waals surface area contributed by atoms with Gasteiger partial charge in [-0.25, -0.2) is 4.39 Å². The van der Waals surface area contributed by atoms with E-state index in [1.807, 2.05) is 43.5 Å². The van der Waals surface area contributed by atoms with Crippen LogP contribution < -0.4 is 10.7 Å². The summed E-state index contributed by atoms with van der Waals surface area (Å²) in [6.07, 6.45) is 2.05. The highest BCUT2D eigenvalue weighted by Crippen LogP contribution is 2.32. The summed E-state index contributed by atoms with van der Waals surface area (Å²) in [5, 5.41) is 7.64. The Morgan fingerprint density at radius 3 is 2.62 bits per heavy atom. The second-order valence-electron chi connectivity index (χ2n) is 6.78. The second kappa shape index (κ2) is 8.09. The number of benzene rings is 3. The number of hydrogen-bond acceptors (Lipinski definition) is 4. The monoisotopic (exact) mass is 405 g/mol. The van der Waals surface area contributed by atoms with Crippen LogP contribution in [0.4, 0.5) is 10.1 Å². The van der Waals surface area contributed by atoms with Gasteiger partial charge >= 0.3 is 0 Å². The molecule has 2 N–H and O–H groups in total. The maximum atomic E-state index is 13.1. The molecule has 0 radical (unpaired) electrons. The number of aryl methyl sites for hydroxylation is 1. The molecule has 0 saturated carbocycles. The van der Waals surface area contributed by atoms with E-state index < -0.39 is 0 Å². The summed E-state index contributed by atoms with van der Waals surface area (Å²) in [5.41, 5.74) is 9.24. The van der Waals surface area contributed by atoms with Gasteiger partial charge in [0.15, 0.2) is 0 Å². The predicted molar refractivity (Wildman–Crippen MR) is 117 cm³/mol. The summed E-state index contributed by atoms with van der Waals surface area (Å²) in [5.74, 6) is -0.651. The summed E-state index contributed by atoms with van der Waals surface area (Å²) >= 11 is 1.70. The Hall–Kier alpha value is -3.12. The maximum Gasteiger partial charge on any atom is 0.255 e. The van der Waals surface area contributed by atoms with E-state index in [-0.39, 0.29) is 17.1 Å². The van der Waals surface area contributed by atoms with Crippen molar-refractivity contribution in [2.24, 2.45) is 5.10 Å². The molecule has 0 aromatic heterocycles. The zero-order valence-corrected chi connectivity index (χ0v) is 16.9. The summed E-state index contributed by atoms with van der Waals surface area (Å²) in [6.45, 7) is 1.93. The SMILES string of the molecule is CS[C@@H]1NN=C(c2ccc(C)c(NC(=O)c3ccc(F)cc3)c2)c2ccccc21. The number of nitrogens with one attached hydrogen (secondary N) is 2. The van der Waals surface area contributed by atoms with E-state index >= 15 is 0 Å². The first-order chi connectivity index (χ1) is 14.1. The maximum absolute atomic E-state index is 13.1. The van der Waals surface area contributed by atoms with Crippen LogP contribution in [0.2, 0.25) is 0 Å². The van der Waals surface area contributed by atoms with Crippen LogP contribution in [0, 0.1) is 12.7 Å². The number of thioether (sulfide) groups is 1. The highest BCUT2D eigenvalue weighted by atomic mass is 32.2. The molecule has 0 bridgehead atoms. The van der Waals surface area contributed by atoms with Crippen molar-refractivity contribution in [1.29, 1.82) is 0 Å². The Balaban J connectivity index is 1.66. The topological polar surface area (TPSA) is 53.5 Å². The normalized spacial score (nSPS) is 15.1. The lowest BCUT2D eigenvalue weighted by Gasteiger charge is -2.25. The first-order valence-corrected chi connectivity index (χ1v) is 10.5. The van der Waals surface area contributed by atoms with Gasteiger partial charge in [0.1, 0.15) is 11.2 Å². The quantitative estimate of drug-likeness (QED) is 0.635. The number of nitrogens with zero attached hydrogens (tertiary/aromatic N) is 1. The van der Waals surface area contributed by atoms with Crippen LogP contribution in [-0.2, 0) is 0 Å². The van der Waals surface area contributed by atoms with Gasteiger partial charge in [-0.3, -0.25) is 10.2 Å². The molecule has 0 saturated heterocycles. The minimum Gasteiger partial charge on any atom is -0.322 e. The number of anilines is 1. The van der Waals surface area contributed by atoms with Crippen LogP contribution in [0.1, 0.15) is 38.0 Å². The van der Waals surface area contributed by atoms with Crippen LogP contribution >= 0.6 is 11.8 Å². The molecule has 3 aromatic carbocycles. The lowest BCUT2D eigenvalue weighted by atomic mass is 9.95. The van der Waals surface area contributed by atoms with Crippen molar-refractivity contribution in [2.45, 2.75) is 12.3 Å². The molecule has 0 aliphatic carbocycles. The Morgan fingerprint density at radius 2 is 1.86 bits per heavy atom. The van der Waals surface area contributed by atoms with Gasteiger partial charge in [0.25, 0.3) is 5.91 Å². The minimum absolute atomic E-state index is 0.109. The third-order valence-corrected chi connectivity index (χ3v) is 5.72. The van der Waals surface area contributed by atoms with Gasteiger partial charge in [0, 0.05) is 22.4 Å². The fraction of sp³-hybridized carbons (Fsp3) is 0.130. The zero-order valence-electron chi connectivity index (χ0n) is 16.1. The molecule has 3 aromatic rings. The number of halogens is 1. The molecule has 1 aliphatic heterocycles. The molecule has 1 heterocycles. The van der Waals surface area contributed by atoms with E-state index in [1.54, 1.807) is 11.8 Å². The van der Waals surface area contributed by atoms with E-state index in [0.29, 0.717) is 11.3 Å². The summed E-state index contributed by atoms with van der Waals surface area (Å²) in [4.78, 5) is 12.6. The molecular formula is C23H20FN3OS. The van der Waals surface area contributed by atoms with Crippen molar-refractivity contribution in [1.82, 2.24) is 5.43 Å². The Kier molecular flexibility index (Phi) is 5.36. The van der Waals surface area contributed by atoms with Crippen molar-refractivity contribution >= 4 is 29.1 Å². The molecule has 4 rings (SSSR count). The smallest absolute Gasteiger partial charge is 0.255 e. The third-order valence-electron chi connectivity index (χ3n) is 4.89. The molecule has 6 heteroatoms. The highest BCUT2D eigenvalue weighted by molar-refractivity contribution is 7.98. The number of rotatable bonds is 4. The first-order valence-electron chi connectivity index (χ1n) is 9.20. The summed E-state index contributed by atoms with van der Waals surface area (Å²) < 4.78 is 13.1. The van der Waals surface area contributed by atoms with Crippen molar-refractivity contribution in [2.75, 3.05) is 11.6 Å². The number of hydrazone groups is 1. The van der Waals surface area contributed by atoms with Crippen LogP contribution in [0.15, 0.2) is 71.8 Å². The van der Waals surface area contributed by atoms with Gasteiger partial charge < -0.3 is 5.32 Å². The molecule has 1 aliphatic rings. The van der Waals surface area contributed by atoms with Gasteiger partial charge in [-0.15, -0.1) is 11.8 Å². The third kappa shape index (κ3) is 3.89. The number of hydrogen-bond donors (Lipinski definition) is 2. The molecule has 1 atom stereocenters. The first kappa shape index (κ1) is 19.2. The molecule has 29 heavy (non-hydrogen) atoms. The minimum atomic E-state index is -0.371. The lowest BCUT2D eigenvalue weighted by Crippen LogP contribution is -2.24. The zero-order chi connectivity index (χ0) is 20.4. The summed E-state index contributed by atoms with van der Waals surface area (Å²) in [7, 11) is 0. The average molecular weight is 405 g/mol. The van der Waals surface area contributed by atoms with Crippen molar-refractivity contribution in [3.63, 3.8) is 0 Å². The fourth-order valence-corrected chi connectivity index (χ4v) is 3.91. The van der Waals surface area contributed by atoms with E-state index in [4.69, 9.17) is 0 Å². The number of amides is 1. The number of carbonyl (C=O) groups is 1. The highest BCUT2D eigenvalue weighted by Gasteiger charge is 2.23. The molecule has 0 fully saturated rings. The Morgan fingerprint density at radius 1 is 1.10 bits per heavy atom. The van der Waals surface area contributed by atoms with Gasteiger partial charge in [-0.2, -0.15) is 5.10 Å². The largest absolute Gasteiger partial charge is 0.322 e. The van der Waals surface area contributed by atoms with Crippen molar-refractivity contribution in [3.8, 4) is 0 Å². The van der Waals surface area contributed by atoms with E-state index in [2.05, 4.69) is 28.0 Å². The molecule has 146 valence electrons. The van der Waals surface area contributed by atoms with E-state index in [1.165, 1.54) is 29.8 Å². The standard InChI is InChI=1S/C23H20FN3OS/c1-14-7-8-16(13-20(14)25-22(28)15-9-11-17(24)12-10-15)21-18-5-3-4-6-19(18)23(29-2)27-26-21/h3-13,23,27H,1-2H3,(H,25,28)/t23-/m0/s1. The van der Waals surface area contributed by atoms with Gasteiger partial charge in [0.2, 0.25) is 0 Å². The van der Waals surface area contributed by atoms with Crippen molar-refractivity contribution in [3.05, 3.63) is 100 Å². The number of fused-ring (bicyclic) bond motifs is 1. The predicted octanol–water partition coefficient (Wildman–Crippen LogP) is 5.10. The van der Waals surface area contributed by atoms with Gasteiger partial charge in [0.05, 0.1) is 5.71 Å². The molecule has 0 unspecified atom stereocenters. The van der Waals surface area contributed by atoms with Gasteiger partial charge in [-0.05, 0) is 54.6 Å². The van der Waals surface area contributed by atoms with Crippen LogP contribution in [0.25, 0.3) is 0 Å².